The van der Waals surface area contributed by atoms with E-state index in [0.29, 0.717) is 5.56 Å². The molecule has 1 rings (SSSR count). The molecule has 0 heterocycles. The molecule has 0 unspecified atom stereocenters. The molecule has 0 saturated heterocycles. The van der Waals surface area contributed by atoms with Gasteiger partial charge in [0.05, 0.1) is 17.3 Å². The number of nitrogens with two attached hydrogens (primary N) is 1. The Hall–Kier alpha value is -1.18. The molecule has 0 spiro atoms. The van der Waals surface area contributed by atoms with Gasteiger partial charge in [-0.2, -0.15) is 5.26 Å². The highest BCUT2D eigenvalue weighted by Gasteiger charge is 2.00. The number of benzene rings is 1. The third-order valence-corrected chi connectivity index (χ3v) is 2.26. The van der Waals surface area contributed by atoms with E-state index in [0.717, 1.165) is 10.6 Å². The van der Waals surface area contributed by atoms with Crippen molar-refractivity contribution in [3.8, 4) is 6.07 Å². The lowest BCUT2D eigenvalue weighted by Gasteiger charge is -2.05. The zero-order valence-electron chi connectivity index (χ0n) is 6.66. The van der Waals surface area contributed by atoms with E-state index in [1.54, 1.807) is 30.0 Å². The Morgan fingerprint density at radius 2 is 2.33 bits per heavy atom. The van der Waals surface area contributed by atoms with E-state index in [2.05, 4.69) is 11.5 Å². The highest BCUT2D eigenvalue weighted by atomic mass is 32.2. The molecule has 62 valence electrons. The maximum Gasteiger partial charge on any atom is 0.0992 e. The van der Waals surface area contributed by atoms with Crippen molar-refractivity contribution in [1.29, 1.82) is 5.26 Å². The molecule has 3 nitrogen and oxygen atoms in total. The molecule has 0 aliphatic rings. The number of nitrogens with zero attached hydrogens (tertiary/aromatic N) is 1. The lowest BCUT2D eigenvalue weighted by molar-refractivity contribution is 1.28. The van der Waals surface area contributed by atoms with Gasteiger partial charge < -0.3 is 5.43 Å². The van der Waals surface area contributed by atoms with Crippen LogP contribution in [0.15, 0.2) is 23.1 Å². The Bertz CT molecular complexity index is 317. The van der Waals surface area contributed by atoms with Gasteiger partial charge in [0, 0.05) is 4.90 Å². The molecule has 4 heteroatoms. The van der Waals surface area contributed by atoms with Gasteiger partial charge in [-0.15, -0.1) is 11.8 Å². The largest absolute Gasteiger partial charge is 0.323 e. The van der Waals surface area contributed by atoms with Crippen LogP contribution in [-0.2, 0) is 0 Å². The fourth-order valence-electron chi connectivity index (χ4n) is 0.880. The van der Waals surface area contributed by atoms with Crippen molar-refractivity contribution in [2.45, 2.75) is 4.90 Å². The summed E-state index contributed by atoms with van der Waals surface area (Å²) in [6.07, 6.45) is 1.94. The van der Waals surface area contributed by atoms with Gasteiger partial charge in [-0.3, -0.25) is 5.84 Å². The second kappa shape index (κ2) is 4.00. The van der Waals surface area contributed by atoms with Crippen LogP contribution in [0.5, 0.6) is 0 Å². The molecule has 3 N–H and O–H groups in total. The van der Waals surface area contributed by atoms with Gasteiger partial charge in [-0.1, -0.05) is 0 Å². The minimum Gasteiger partial charge on any atom is -0.323 e. The molecule has 0 fully saturated rings. The molecule has 0 radical (unpaired) electrons. The van der Waals surface area contributed by atoms with E-state index < -0.39 is 0 Å². The highest BCUT2D eigenvalue weighted by Crippen LogP contribution is 2.25. The number of nitriles is 1. The molecule has 0 atom stereocenters. The van der Waals surface area contributed by atoms with E-state index in [9.17, 15) is 0 Å². The van der Waals surface area contributed by atoms with E-state index in [1.165, 1.54) is 0 Å². The van der Waals surface area contributed by atoms with Crippen molar-refractivity contribution in [3.63, 3.8) is 0 Å². The highest BCUT2D eigenvalue weighted by molar-refractivity contribution is 7.98. The Kier molecular flexibility index (Phi) is 2.97. The number of nitrogen functional groups attached to an aromatic ring is 1. The Morgan fingerprint density at radius 3 is 2.83 bits per heavy atom. The quantitative estimate of drug-likeness (QED) is 0.411. The van der Waals surface area contributed by atoms with Crippen molar-refractivity contribution in [3.05, 3.63) is 23.8 Å². The smallest absolute Gasteiger partial charge is 0.0992 e. The van der Waals surface area contributed by atoms with Crippen molar-refractivity contribution in [1.82, 2.24) is 0 Å². The summed E-state index contributed by atoms with van der Waals surface area (Å²) in [7, 11) is 0. The molecular weight excluding hydrogens is 170 g/mol. The molecule has 12 heavy (non-hydrogen) atoms. The predicted molar refractivity (Wildman–Crippen MR) is 50.7 cm³/mol. The van der Waals surface area contributed by atoms with Gasteiger partial charge in [0.1, 0.15) is 0 Å². The zero-order chi connectivity index (χ0) is 8.97. The number of rotatable bonds is 2. The van der Waals surface area contributed by atoms with Crippen LogP contribution in [0.25, 0.3) is 0 Å². The van der Waals surface area contributed by atoms with Crippen molar-refractivity contribution in [2.75, 3.05) is 11.7 Å². The van der Waals surface area contributed by atoms with Gasteiger partial charge in [-0.05, 0) is 24.5 Å². The monoisotopic (exact) mass is 179 g/mol. The van der Waals surface area contributed by atoms with Crippen LogP contribution in [0.2, 0.25) is 0 Å². The number of thioether (sulfide) groups is 1. The second-order valence-electron chi connectivity index (χ2n) is 2.17. The third kappa shape index (κ3) is 1.70. The van der Waals surface area contributed by atoms with Crippen molar-refractivity contribution in [2.24, 2.45) is 5.84 Å². The Labute approximate surface area is 75.5 Å². The summed E-state index contributed by atoms with van der Waals surface area (Å²) < 4.78 is 0. The molecule has 0 saturated carbocycles. The molecule has 0 aromatic heterocycles. The lowest BCUT2D eigenvalue weighted by atomic mass is 10.2. The summed E-state index contributed by atoms with van der Waals surface area (Å²) in [5.41, 5.74) is 4.07. The maximum atomic E-state index is 8.61. The second-order valence-corrected chi connectivity index (χ2v) is 3.02. The first-order valence-electron chi connectivity index (χ1n) is 3.36. The van der Waals surface area contributed by atoms with Gasteiger partial charge >= 0.3 is 0 Å². The molecule has 0 bridgehead atoms. The fraction of sp³-hybridized carbons (Fsp3) is 0.125. The maximum absolute atomic E-state index is 8.61. The Morgan fingerprint density at radius 1 is 1.58 bits per heavy atom. The zero-order valence-corrected chi connectivity index (χ0v) is 7.48. The number of nitrogens with one attached hydrogen (secondary N) is 1. The summed E-state index contributed by atoms with van der Waals surface area (Å²) in [6.45, 7) is 0. The third-order valence-electron chi connectivity index (χ3n) is 1.49. The molecular formula is C8H9N3S. The van der Waals surface area contributed by atoms with Gasteiger partial charge in [0.15, 0.2) is 0 Å². The molecule has 0 amide bonds. The first kappa shape index (κ1) is 8.91. The Balaban J connectivity index is 3.13. The van der Waals surface area contributed by atoms with Crippen LogP contribution in [0.4, 0.5) is 5.69 Å². The van der Waals surface area contributed by atoms with Crippen LogP contribution in [0.3, 0.4) is 0 Å². The first-order valence-corrected chi connectivity index (χ1v) is 4.59. The SMILES string of the molecule is CSc1cc(C#N)ccc1NN. The van der Waals surface area contributed by atoms with Crippen LogP contribution in [0, 0.1) is 11.3 Å². The first-order chi connectivity index (χ1) is 5.81. The van der Waals surface area contributed by atoms with E-state index in [-0.39, 0.29) is 0 Å². The van der Waals surface area contributed by atoms with Crippen LogP contribution >= 0.6 is 11.8 Å². The van der Waals surface area contributed by atoms with Crippen LogP contribution < -0.4 is 11.3 Å². The number of hydrazine groups is 1. The number of anilines is 1. The van der Waals surface area contributed by atoms with Crippen LogP contribution in [-0.4, -0.2) is 6.26 Å². The summed E-state index contributed by atoms with van der Waals surface area (Å²) in [4.78, 5) is 0.983. The summed E-state index contributed by atoms with van der Waals surface area (Å²) in [6, 6.07) is 7.40. The topological polar surface area (TPSA) is 61.8 Å². The summed E-state index contributed by atoms with van der Waals surface area (Å²) in [5, 5.41) is 8.61. The van der Waals surface area contributed by atoms with Crippen molar-refractivity contribution < 1.29 is 0 Å². The average molecular weight is 179 g/mol. The van der Waals surface area contributed by atoms with E-state index in [1.807, 2.05) is 6.26 Å². The molecule has 0 aliphatic carbocycles. The molecule has 1 aromatic carbocycles. The van der Waals surface area contributed by atoms with Gasteiger partial charge in [0.2, 0.25) is 0 Å². The van der Waals surface area contributed by atoms with Crippen LogP contribution in [0.1, 0.15) is 5.56 Å². The standard InChI is InChI=1S/C8H9N3S/c1-12-8-4-6(5-9)2-3-7(8)11-10/h2-4,11H,10H2,1H3. The summed E-state index contributed by atoms with van der Waals surface area (Å²) >= 11 is 1.56. The van der Waals surface area contributed by atoms with E-state index in [4.69, 9.17) is 11.1 Å². The number of hydrogen-bond donors (Lipinski definition) is 2. The lowest BCUT2D eigenvalue weighted by Crippen LogP contribution is -2.07. The average Bonchev–Trinajstić information content (AvgIpc) is 2.16. The van der Waals surface area contributed by atoms with Gasteiger partial charge in [-0.25, -0.2) is 0 Å². The van der Waals surface area contributed by atoms with Crippen molar-refractivity contribution >= 4 is 17.4 Å². The number of hydrogen-bond acceptors (Lipinski definition) is 4. The van der Waals surface area contributed by atoms with Gasteiger partial charge in [0.25, 0.3) is 0 Å². The summed E-state index contributed by atoms with van der Waals surface area (Å²) in [5.74, 6) is 5.27. The molecule has 0 aliphatic heterocycles. The van der Waals surface area contributed by atoms with E-state index >= 15 is 0 Å². The normalized spacial score (nSPS) is 9.08. The molecule has 1 aromatic rings. The predicted octanol–water partition coefficient (Wildman–Crippen LogP) is 1.57. The minimum atomic E-state index is 0.651. The fourth-order valence-corrected chi connectivity index (χ4v) is 1.47. The minimum absolute atomic E-state index is 0.651.